The molecule has 2 heterocycles. The van der Waals surface area contributed by atoms with Crippen LogP contribution in [-0.4, -0.2) is 22.9 Å². The Morgan fingerprint density at radius 3 is 2.44 bits per heavy atom. The smallest absolute Gasteiger partial charge is 0.181 e. The molecule has 264 valence electrons. The first-order chi connectivity index (χ1) is 26.9. The second kappa shape index (κ2) is 12.9. The van der Waals surface area contributed by atoms with Crippen LogP contribution in [0.5, 0.6) is 0 Å². The maximum Gasteiger partial charge on any atom is 0.181 e. The van der Waals surface area contributed by atoms with Gasteiger partial charge in [-0.15, -0.1) is 0 Å². The van der Waals surface area contributed by atoms with Gasteiger partial charge in [0, 0.05) is 45.0 Å². The number of aliphatic imine (C=N–C) groups is 2. The van der Waals surface area contributed by atoms with Gasteiger partial charge in [-0.2, -0.15) is 0 Å². The molecule has 0 amide bonds. The molecule has 1 atom stereocenters. The zero-order chi connectivity index (χ0) is 37.1. The molecular formula is C49H36N4O2. The first-order valence-corrected chi connectivity index (χ1v) is 18.6. The summed E-state index contributed by atoms with van der Waals surface area (Å²) >= 11 is 0. The molecule has 0 fully saturated rings. The fraction of sp³-hybridized carbons (Fsp3) is 0.102. The van der Waals surface area contributed by atoms with E-state index in [4.69, 9.17) is 24.2 Å². The van der Waals surface area contributed by atoms with Gasteiger partial charge in [-0.05, 0) is 64.1 Å². The zero-order valence-electron chi connectivity index (χ0n) is 30.5. The van der Waals surface area contributed by atoms with Crippen molar-refractivity contribution < 1.29 is 8.83 Å². The number of hydrogen-bond acceptors (Lipinski definition) is 4. The Balaban J connectivity index is 1.07. The molecule has 10 rings (SSSR count). The average Bonchev–Trinajstić information content (AvgIpc) is 3.92. The molecule has 8 aromatic rings. The monoisotopic (exact) mass is 712 g/mol. The van der Waals surface area contributed by atoms with Gasteiger partial charge < -0.3 is 8.83 Å². The summed E-state index contributed by atoms with van der Waals surface area (Å²) in [7, 11) is 0. The Hall–Kier alpha value is -6.92. The summed E-state index contributed by atoms with van der Waals surface area (Å²) in [6.45, 7) is 4.64. The quantitative estimate of drug-likeness (QED) is 0.142. The first kappa shape index (κ1) is 32.7. The maximum absolute atomic E-state index is 8.85. The number of nitrogens with one attached hydrogen (secondary N) is 1. The Bertz CT molecular complexity index is 2940. The first-order valence-electron chi connectivity index (χ1n) is 18.6. The van der Waals surface area contributed by atoms with Crippen LogP contribution in [0.25, 0.3) is 49.7 Å². The van der Waals surface area contributed by atoms with Crippen LogP contribution >= 0.6 is 0 Å². The Labute approximate surface area is 318 Å². The molecular weight excluding hydrogens is 677 g/mol. The number of allylic oxidation sites excluding steroid dienone is 4. The number of furan rings is 1. The Morgan fingerprint density at radius 1 is 0.800 bits per heavy atom. The highest BCUT2D eigenvalue weighted by Gasteiger charge is 2.40. The lowest BCUT2D eigenvalue weighted by molar-refractivity contribution is 0.580. The SMILES string of the molecule is CC1(C)C2=C(C=CC(c3ccc(-c4cccc(C(=N/C(=N)c5ccccc5)/N=C/c5ccccc5)c4)c4c3oc3ccccc34)C2)c2cc3ncoc3cc21. The minimum absolute atomic E-state index is 0.131. The highest BCUT2D eigenvalue weighted by Crippen LogP contribution is 2.54. The molecule has 0 radical (unpaired) electrons. The van der Waals surface area contributed by atoms with Crippen LogP contribution in [0.15, 0.2) is 176 Å². The van der Waals surface area contributed by atoms with Gasteiger partial charge in [0.25, 0.3) is 0 Å². The lowest BCUT2D eigenvalue weighted by atomic mass is 9.74. The molecule has 55 heavy (non-hydrogen) atoms. The summed E-state index contributed by atoms with van der Waals surface area (Å²) in [5.41, 5.74) is 14.3. The highest BCUT2D eigenvalue weighted by molar-refractivity contribution is 6.16. The molecule has 0 aliphatic heterocycles. The predicted octanol–water partition coefficient (Wildman–Crippen LogP) is 12.1. The molecule has 2 aliphatic rings. The van der Waals surface area contributed by atoms with Gasteiger partial charge in [-0.25, -0.2) is 15.0 Å². The van der Waals surface area contributed by atoms with Gasteiger partial charge in [-0.3, -0.25) is 5.41 Å². The van der Waals surface area contributed by atoms with E-state index in [9.17, 15) is 0 Å². The minimum atomic E-state index is -0.152. The number of aromatic nitrogens is 1. The van der Waals surface area contributed by atoms with Crippen molar-refractivity contribution in [2.24, 2.45) is 9.98 Å². The van der Waals surface area contributed by atoms with E-state index in [0.29, 0.717) is 5.84 Å². The number of nitrogens with zero attached hydrogens (tertiary/aromatic N) is 3. The average molecular weight is 713 g/mol. The second-order valence-corrected chi connectivity index (χ2v) is 14.8. The van der Waals surface area contributed by atoms with Crippen molar-refractivity contribution in [3.63, 3.8) is 0 Å². The van der Waals surface area contributed by atoms with E-state index < -0.39 is 0 Å². The third-order valence-electron chi connectivity index (χ3n) is 11.2. The molecule has 1 N–H and O–H groups in total. The second-order valence-electron chi connectivity index (χ2n) is 14.8. The van der Waals surface area contributed by atoms with Gasteiger partial charge in [0.1, 0.15) is 16.7 Å². The molecule has 6 nitrogen and oxygen atoms in total. The van der Waals surface area contributed by atoms with Gasteiger partial charge >= 0.3 is 0 Å². The van der Waals surface area contributed by atoms with Crippen LogP contribution in [0.3, 0.4) is 0 Å². The van der Waals surface area contributed by atoms with Gasteiger partial charge in [-0.1, -0.05) is 141 Å². The summed E-state index contributed by atoms with van der Waals surface area (Å²) in [6, 6.07) is 44.9. The van der Waals surface area contributed by atoms with E-state index in [2.05, 4.69) is 85.6 Å². The largest absolute Gasteiger partial charge is 0.456 e. The summed E-state index contributed by atoms with van der Waals surface area (Å²) in [5.74, 6) is 0.744. The predicted molar refractivity (Wildman–Crippen MR) is 223 cm³/mol. The summed E-state index contributed by atoms with van der Waals surface area (Å²) in [6.07, 6.45) is 8.86. The van der Waals surface area contributed by atoms with Crippen LogP contribution in [0.4, 0.5) is 0 Å². The topological polar surface area (TPSA) is 87.7 Å². The van der Waals surface area contributed by atoms with Crippen LogP contribution < -0.4 is 0 Å². The van der Waals surface area contributed by atoms with Crippen molar-refractivity contribution in [1.82, 2.24) is 4.98 Å². The van der Waals surface area contributed by atoms with Crippen LogP contribution in [0, 0.1) is 5.41 Å². The third kappa shape index (κ3) is 5.57. The molecule has 6 aromatic carbocycles. The van der Waals surface area contributed by atoms with E-state index in [0.717, 1.165) is 67.3 Å². The molecule has 2 aliphatic carbocycles. The molecule has 0 spiro atoms. The number of amidine groups is 2. The normalized spacial score (nSPS) is 16.4. The summed E-state index contributed by atoms with van der Waals surface area (Å²) in [4.78, 5) is 14.1. The fourth-order valence-corrected chi connectivity index (χ4v) is 8.39. The molecule has 0 saturated heterocycles. The number of oxazole rings is 1. The number of para-hydroxylation sites is 1. The number of fused-ring (bicyclic) bond motifs is 6. The number of rotatable bonds is 5. The number of benzene rings is 6. The van der Waals surface area contributed by atoms with Crippen LogP contribution in [-0.2, 0) is 5.41 Å². The van der Waals surface area contributed by atoms with E-state index >= 15 is 0 Å². The molecule has 6 heteroatoms. The number of hydrogen-bond donors (Lipinski definition) is 1. The third-order valence-corrected chi connectivity index (χ3v) is 11.2. The van der Waals surface area contributed by atoms with Gasteiger partial charge in [0.2, 0.25) is 0 Å². The Morgan fingerprint density at radius 2 is 1.58 bits per heavy atom. The van der Waals surface area contributed by atoms with Crippen LogP contribution in [0.2, 0.25) is 0 Å². The van der Waals surface area contributed by atoms with Gasteiger partial charge in [0.15, 0.2) is 23.6 Å². The van der Waals surface area contributed by atoms with E-state index in [1.807, 2.05) is 78.9 Å². The van der Waals surface area contributed by atoms with Gasteiger partial charge in [0.05, 0.1) is 0 Å². The van der Waals surface area contributed by atoms with E-state index in [-0.39, 0.29) is 17.2 Å². The summed E-state index contributed by atoms with van der Waals surface area (Å²) < 4.78 is 12.5. The summed E-state index contributed by atoms with van der Waals surface area (Å²) in [5, 5.41) is 11.0. The Kier molecular flexibility index (Phi) is 7.66. The fourth-order valence-electron chi connectivity index (χ4n) is 8.39. The lowest BCUT2D eigenvalue weighted by Crippen LogP contribution is -2.19. The van der Waals surface area contributed by atoms with E-state index in [1.54, 1.807) is 6.21 Å². The minimum Gasteiger partial charge on any atom is -0.456 e. The highest BCUT2D eigenvalue weighted by atomic mass is 16.3. The van der Waals surface area contributed by atoms with Crippen molar-refractivity contribution in [3.8, 4) is 11.1 Å². The zero-order valence-corrected chi connectivity index (χ0v) is 30.5. The molecule has 0 bridgehead atoms. The van der Waals surface area contributed by atoms with Crippen LogP contribution in [0.1, 0.15) is 59.6 Å². The van der Waals surface area contributed by atoms with E-state index in [1.165, 1.54) is 34.2 Å². The van der Waals surface area contributed by atoms with Crippen molar-refractivity contribution in [2.75, 3.05) is 0 Å². The van der Waals surface area contributed by atoms with Crippen molar-refractivity contribution in [3.05, 3.63) is 191 Å². The van der Waals surface area contributed by atoms with Crippen molar-refractivity contribution in [1.29, 1.82) is 5.41 Å². The van der Waals surface area contributed by atoms with Crippen molar-refractivity contribution >= 4 is 56.5 Å². The standard InChI is InChI=1S/C49H36N4O2/c1-49(2)40-25-33(20-21-37(40)39-26-42-44(27-41(39)49)54-29-52-42)36-23-22-35(45-38-18-9-10-19-43(38)55-46(36)45)32-16-11-17-34(24-32)48(51-28-30-12-5-3-6-13-30)53-47(50)31-14-7-4-8-15-31/h3-24,26-29,33,50H,25H2,1-2H3/b50-47?,51-28+,53-48-. The molecule has 1 unspecified atom stereocenters. The molecule has 0 saturated carbocycles. The van der Waals surface area contributed by atoms with Crippen molar-refractivity contribution in [2.45, 2.75) is 31.6 Å². The maximum atomic E-state index is 8.85. The lowest BCUT2D eigenvalue weighted by Gasteiger charge is -2.29. The molecule has 2 aromatic heterocycles.